The van der Waals surface area contributed by atoms with Gasteiger partial charge in [-0.15, -0.1) is 0 Å². The molecule has 0 bridgehead atoms. The van der Waals surface area contributed by atoms with Crippen LogP contribution in [0.4, 0.5) is 0 Å². The molecule has 1 aromatic carbocycles. The second-order valence-electron chi connectivity index (χ2n) is 7.80. The van der Waals surface area contributed by atoms with Crippen molar-refractivity contribution in [2.75, 3.05) is 59.7 Å². The average molecular weight is 407 g/mol. The number of morpholine rings is 1. The molecule has 0 radical (unpaired) electrons. The Morgan fingerprint density at radius 3 is 2.72 bits per heavy atom. The molecule has 1 saturated heterocycles. The molecule has 0 atom stereocenters. The zero-order chi connectivity index (χ0) is 21.0. The highest BCUT2D eigenvalue weighted by Gasteiger charge is 2.28. The monoisotopic (exact) mass is 406 g/mol. The van der Waals surface area contributed by atoms with E-state index in [0.717, 1.165) is 63.1 Å². The van der Waals surface area contributed by atoms with Crippen molar-refractivity contribution >= 4 is 5.96 Å². The van der Waals surface area contributed by atoms with Crippen LogP contribution in [-0.4, -0.2) is 76.1 Å². The molecule has 1 heterocycles. The summed E-state index contributed by atoms with van der Waals surface area (Å²) in [5.74, 6) is 1.71. The van der Waals surface area contributed by atoms with Crippen LogP contribution in [0.1, 0.15) is 32.8 Å². The van der Waals surface area contributed by atoms with Crippen molar-refractivity contribution in [3.05, 3.63) is 29.8 Å². The molecule has 0 amide bonds. The summed E-state index contributed by atoms with van der Waals surface area (Å²) in [6.45, 7) is 13.8. The van der Waals surface area contributed by atoms with Crippen molar-refractivity contribution in [3.8, 4) is 5.75 Å². The molecule has 1 aliphatic heterocycles. The highest BCUT2D eigenvalue weighted by molar-refractivity contribution is 5.79. The van der Waals surface area contributed by atoms with E-state index in [9.17, 15) is 0 Å². The maximum absolute atomic E-state index is 5.79. The fourth-order valence-corrected chi connectivity index (χ4v) is 3.22. The lowest BCUT2D eigenvalue weighted by molar-refractivity contribution is -0.00834. The van der Waals surface area contributed by atoms with Crippen LogP contribution in [0.2, 0.25) is 0 Å². The molecule has 2 rings (SSSR count). The van der Waals surface area contributed by atoms with E-state index in [1.807, 2.05) is 12.1 Å². The van der Waals surface area contributed by atoms with Crippen molar-refractivity contribution < 1.29 is 14.2 Å². The molecule has 1 aliphatic rings. The molecule has 7 nitrogen and oxygen atoms in total. The van der Waals surface area contributed by atoms with Crippen molar-refractivity contribution in [3.63, 3.8) is 0 Å². The first-order chi connectivity index (χ1) is 14.0. The van der Waals surface area contributed by atoms with Gasteiger partial charge in [0.05, 0.1) is 26.4 Å². The van der Waals surface area contributed by atoms with E-state index in [4.69, 9.17) is 19.2 Å². The summed E-state index contributed by atoms with van der Waals surface area (Å²) >= 11 is 0. The number of benzene rings is 1. The molecule has 0 aromatic heterocycles. The summed E-state index contributed by atoms with van der Waals surface area (Å²) < 4.78 is 16.3. The number of nitrogens with zero attached hydrogens (tertiary/aromatic N) is 2. The minimum atomic E-state index is 0.0376. The zero-order valence-electron chi connectivity index (χ0n) is 18.5. The largest absolute Gasteiger partial charge is 0.493 e. The maximum Gasteiger partial charge on any atom is 0.191 e. The van der Waals surface area contributed by atoms with E-state index < -0.39 is 0 Å². The van der Waals surface area contributed by atoms with Crippen LogP contribution in [0.5, 0.6) is 5.75 Å². The molecule has 1 aromatic rings. The number of aliphatic imine (C=N–C) groups is 1. The molecule has 7 heteroatoms. The van der Waals surface area contributed by atoms with Gasteiger partial charge in [0.2, 0.25) is 0 Å². The van der Waals surface area contributed by atoms with Crippen molar-refractivity contribution in [2.24, 2.45) is 4.99 Å². The summed E-state index contributed by atoms with van der Waals surface area (Å²) in [5.41, 5.74) is 1.16. The van der Waals surface area contributed by atoms with Crippen molar-refractivity contribution in [1.29, 1.82) is 0 Å². The third kappa shape index (κ3) is 8.60. The molecule has 2 N–H and O–H groups in total. The van der Waals surface area contributed by atoms with E-state index in [0.29, 0.717) is 19.8 Å². The summed E-state index contributed by atoms with van der Waals surface area (Å²) in [4.78, 5) is 7.23. The van der Waals surface area contributed by atoms with Gasteiger partial charge in [0.15, 0.2) is 5.96 Å². The second-order valence-corrected chi connectivity index (χ2v) is 7.80. The predicted molar refractivity (Wildman–Crippen MR) is 118 cm³/mol. The zero-order valence-corrected chi connectivity index (χ0v) is 18.5. The number of hydrogen-bond acceptors (Lipinski definition) is 5. The molecular weight excluding hydrogens is 368 g/mol. The van der Waals surface area contributed by atoms with Crippen LogP contribution in [0.3, 0.4) is 0 Å². The summed E-state index contributed by atoms with van der Waals surface area (Å²) in [6.07, 6.45) is 0.881. The van der Waals surface area contributed by atoms with Gasteiger partial charge >= 0.3 is 0 Å². The molecule has 0 unspecified atom stereocenters. The van der Waals surface area contributed by atoms with E-state index in [-0.39, 0.29) is 5.54 Å². The third-order valence-electron chi connectivity index (χ3n) is 4.98. The first kappa shape index (κ1) is 23.4. The maximum atomic E-state index is 5.79. The molecule has 0 aliphatic carbocycles. The topological polar surface area (TPSA) is 67.4 Å². The summed E-state index contributed by atoms with van der Waals surface area (Å²) in [5, 5.41) is 6.84. The van der Waals surface area contributed by atoms with Gasteiger partial charge < -0.3 is 24.8 Å². The molecule has 164 valence electrons. The van der Waals surface area contributed by atoms with Gasteiger partial charge in [0.25, 0.3) is 0 Å². The van der Waals surface area contributed by atoms with Gasteiger partial charge in [-0.3, -0.25) is 4.90 Å². The van der Waals surface area contributed by atoms with E-state index in [1.54, 1.807) is 7.11 Å². The fraction of sp³-hybridized carbons (Fsp3) is 0.682. The Morgan fingerprint density at radius 1 is 1.21 bits per heavy atom. The lowest BCUT2D eigenvalue weighted by atomic mass is 10.0. The predicted octanol–water partition coefficient (Wildman–Crippen LogP) is 2.27. The summed E-state index contributed by atoms with van der Waals surface area (Å²) in [6, 6.07) is 8.12. The van der Waals surface area contributed by atoms with Crippen LogP contribution < -0.4 is 15.4 Å². The molecular formula is C22H38N4O3. The Kier molecular flexibility index (Phi) is 10.2. The lowest BCUT2D eigenvalue weighted by Crippen LogP contribution is -2.56. The van der Waals surface area contributed by atoms with Crippen LogP contribution in [0.25, 0.3) is 0 Å². The highest BCUT2D eigenvalue weighted by Crippen LogP contribution is 2.16. The number of methoxy groups -OCH3 is 1. The Hall–Kier alpha value is -1.83. The first-order valence-corrected chi connectivity index (χ1v) is 10.6. The number of guanidine groups is 1. The normalized spacial score (nSPS) is 15.9. The fourth-order valence-electron chi connectivity index (χ4n) is 3.22. The Bertz CT molecular complexity index is 616. The molecule has 0 spiro atoms. The average Bonchev–Trinajstić information content (AvgIpc) is 2.74. The Labute approximate surface area is 175 Å². The van der Waals surface area contributed by atoms with Crippen LogP contribution in [-0.2, 0) is 16.0 Å². The SMILES string of the molecule is CCNC(=NCc1cccc(OCCCOC)c1)NCC(C)(C)N1CCOCC1. The van der Waals surface area contributed by atoms with Gasteiger partial charge in [0.1, 0.15) is 5.75 Å². The first-order valence-electron chi connectivity index (χ1n) is 10.6. The van der Waals surface area contributed by atoms with Crippen molar-refractivity contribution in [2.45, 2.75) is 39.3 Å². The van der Waals surface area contributed by atoms with E-state index >= 15 is 0 Å². The molecule has 29 heavy (non-hydrogen) atoms. The quantitative estimate of drug-likeness (QED) is 0.334. The molecule has 0 saturated carbocycles. The Balaban J connectivity index is 1.89. The van der Waals surface area contributed by atoms with Gasteiger partial charge in [-0.2, -0.15) is 0 Å². The van der Waals surface area contributed by atoms with Gasteiger partial charge in [-0.05, 0) is 38.5 Å². The van der Waals surface area contributed by atoms with Gasteiger partial charge in [0, 0.05) is 51.9 Å². The van der Waals surface area contributed by atoms with Gasteiger partial charge in [-0.1, -0.05) is 12.1 Å². The summed E-state index contributed by atoms with van der Waals surface area (Å²) in [7, 11) is 1.71. The van der Waals surface area contributed by atoms with Gasteiger partial charge in [-0.25, -0.2) is 4.99 Å². The van der Waals surface area contributed by atoms with Crippen LogP contribution in [0.15, 0.2) is 29.3 Å². The minimum Gasteiger partial charge on any atom is -0.493 e. The Morgan fingerprint density at radius 2 is 2.00 bits per heavy atom. The van der Waals surface area contributed by atoms with Crippen LogP contribution in [0, 0.1) is 0 Å². The second kappa shape index (κ2) is 12.7. The standard InChI is InChI=1S/C22H38N4O3/c1-5-23-21(25-18-22(2,3)26-10-14-28-15-11-26)24-17-19-8-6-9-20(16-19)29-13-7-12-27-4/h6,8-9,16H,5,7,10-15,17-18H2,1-4H3,(H2,23,24,25). The van der Waals surface area contributed by atoms with E-state index in [1.165, 1.54) is 0 Å². The number of hydrogen-bond donors (Lipinski definition) is 2. The minimum absolute atomic E-state index is 0.0376. The van der Waals surface area contributed by atoms with E-state index in [2.05, 4.69) is 48.4 Å². The number of ether oxygens (including phenoxy) is 3. The van der Waals surface area contributed by atoms with Crippen molar-refractivity contribution in [1.82, 2.24) is 15.5 Å². The van der Waals surface area contributed by atoms with Crippen LogP contribution >= 0.6 is 0 Å². The smallest absolute Gasteiger partial charge is 0.191 e. The third-order valence-corrected chi connectivity index (χ3v) is 4.98. The number of nitrogens with one attached hydrogen (secondary N) is 2. The lowest BCUT2D eigenvalue weighted by Gasteiger charge is -2.41. The molecule has 1 fully saturated rings. The highest BCUT2D eigenvalue weighted by atomic mass is 16.5. The number of rotatable bonds is 11.